The number of benzene rings is 1. The van der Waals surface area contributed by atoms with Gasteiger partial charge in [0.15, 0.2) is 0 Å². The van der Waals surface area contributed by atoms with Crippen LogP contribution in [0.25, 0.3) is 0 Å². The SMILES string of the molecule is Cc1cccc(CNC2CC2)c1OCc1nccn1C. The molecule has 0 amide bonds. The van der Waals surface area contributed by atoms with E-state index in [4.69, 9.17) is 4.74 Å². The predicted molar refractivity (Wildman–Crippen MR) is 78.6 cm³/mol. The molecule has 0 radical (unpaired) electrons. The van der Waals surface area contributed by atoms with Gasteiger partial charge in [-0.15, -0.1) is 0 Å². The summed E-state index contributed by atoms with van der Waals surface area (Å²) in [4.78, 5) is 4.30. The number of nitrogens with zero attached hydrogens (tertiary/aromatic N) is 2. The van der Waals surface area contributed by atoms with E-state index >= 15 is 0 Å². The molecule has 0 atom stereocenters. The van der Waals surface area contributed by atoms with E-state index in [0.29, 0.717) is 12.6 Å². The lowest BCUT2D eigenvalue weighted by Crippen LogP contribution is -2.16. The quantitative estimate of drug-likeness (QED) is 0.877. The van der Waals surface area contributed by atoms with E-state index in [1.807, 2.05) is 17.8 Å². The molecule has 0 bridgehead atoms. The van der Waals surface area contributed by atoms with Gasteiger partial charge < -0.3 is 14.6 Å². The first-order valence-corrected chi connectivity index (χ1v) is 7.15. The van der Waals surface area contributed by atoms with E-state index in [1.54, 1.807) is 6.20 Å². The molecule has 0 spiro atoms. The Morgan fingerprint density at radius 3 is 2.95 bits per heavy atom. The molecule has 1 fully saturated rings. The van der Waals surface area contributed by atoms with E-state index in [1.165, 1.54) is 24.0 Å². The van der Waals surface area contributed by atoms with Crippen LogP contribution in [0.15, 0.2) is 30.6 Å². The molecule has 1 heterocycles. The minimum absolute atomic E-state index is 0.505. The largest absolute Gasteiger partial charge is 0.485 e. The Morgan fingerprint density at radius 2 is 2.25 bits per heavy atom. The molecule has 1 aliphatic rings. The van der Waals surface area contributed by atoms with Crippen LogP contribution in [0.3, 0.4) is 0 Å². The molecular formula is C16H21N3O. The third-order valence-electron chi connectivity index (χ3n) is 3.72. The zero-order valence-electron chi connectivity index (χ0n) is 12.1. The summed E-state index contributed by atoms with van der Waals surface area (Å²) in [5.41, 5.74) is 2.40. The second-order valence-electron chi connectivity index (χ2n) is 5.46. The van der Waals surface area contributed by atoms with Crippen molar-refractivity contribution in [2.75, 3.05) is 0 Å². The van der Waals surface area contributed by atoms with Crippen molar-refractivity contribution in [3.8, 4) is 5.75 Å². The van der Waals surface area contributed by atoms with Crippen molar-refractivity contribution >= 4 is 0 Å². The molecular weight excluding hydrogens is 250 g/mol. The van der Waals surface area contributed by atoms with Crippen LogP contribution >= 0.6 is 0 Å². The lowest BCUT2D eigenvalue weighted by Gasteiger charge is -2.14. The van der Waals surface area contributed by atoms with Gasteiger partial charge in [0.1, 0.15) is 18.2 Å². The highest BCUT2D eigenvalue weighted by Crippen LogP contribution is 2.26. The summed E-state index contributed by atoms with van der Waals surface area (Å²) in [5, 5.41) is 3.54. The summed E-state index contributed by atoms with van der Waals surface area (Å²) in [7, 11) is 1.99. The molecule has 0 saturated heterocycles. The molecule has 2 aromatic rings. The third kappa shape index (κ3) is 3.02. The molecule has 20 heavy (non-hydrogen) atoms. The topological polar surface area (TPSA) is 39.1 Å². The zero-order valence-corrected chi connectivity index (χ0v) is 12.1. The lowest BCUT2D eigenvalue weighted by molar-refractivity contribution is 0.286. The Kier molecular flexibility index (Phi) is 3.74. The predicted octanol–water partition coefficient (Wildman–Crippen LogP) is 2.56. The van der Waals surface area contributed by atoms with Crippen molar-refractivity contribution in [2.24, 2.45) is 7.05 Å². The summed E-state index contributed by atoms with van der Waals surface area (Å²) in [5.74, 6) is 1.93. The Morgan fingerprint density at radius 1 is 1.40 bits per heavy atom. The number of nitrogens with one attached hydrogen (secondary N) is 1. The molecule has 0 unspecified atom stereocenters. The van der Waals surface area contributed by atoms with Gasteiger partial charge in [-0.05, 0) is 25.3 Å². The van der Waals surface area contributed by atoms with Gasteiger partial charge >= 0.3 is 0 Å². The van der Waals surface area contributed by atoms with Crippen LogP contribution in [-0.4, -0.2) is 15.6 Å². The van der Waals surface area contributed by atoms with Gasteiger partial charge in [-0.1, -0.05) is 18.2 Å². The minimum atomic E-state index is 0.505. The van der Waals surface area contributed by atoms with Crippen LogP contribution < -0.4 is 10.1 Å². The minimum Gasteiger partial charge on any atom is -0.485 e. The van der Waals surface area contributed by atoms with Gasteiger partial charge in [0.25, 0.3) is 0 Å². The van der Waals surface area contributed by atoms with Crippen molar-refractivity contribution < 1.29 is 4.74 Å². The van der Waals surface area contributed by atoms with Gasteiger partial charge in [-0.2, -0.15) is 0 Å². The Hall–Kier alpha value is -1.81. The fourth-order valence-electron chi connectivity index (χ4n) is 2.27. The van der Waals surface area contributed by atoms with Crippen LogP contribution in [0.4, 0.5) is 0 Å². The number of imidazole rings is 1. The van der Waals surface area contributed by atoms with E-state index in [2.05, 4.69) is 35.4 Å². The first-order valence-electron chi connectivity index (χ1n) is 7.15. The van der Waals surface area contributed by atoms with E-state index in [0.717, 1.165) is 18.1 Å². The van der Waals surface area contributed by atoms with Crippen LogP contribution in [-0.2, 0) is 20.2 Å². The van der Waals surface area contributed by atoms with Crippen LogP contribution in [0.5, 0.6) is 5.75 Å². The second-order valence-corrected chi connectivity index (χ2v) is 5.46. The first kappa shape index (κ1) is 13.2. The molecule has 1 N–H and O–H groups in total. The highest BCUT2D eigenvalue weighted by Gasteiger charge is 2.20. The van der Waals surface area contributed by atoms with Crippen molar-refractivity contribution in [2.45, 2.75) is 39.0 Å². The van der Waals surface area contributed by atoms with Crippen molar-refractivity contribution in [3.05, 3.63) is 47.5 Å². The molecule has 1 aromatic heterocycles. The average molecular weight is 271 g/mol. The molecule has 4 heteroatoms. The summed E-state index contributed by atoms with van der Waals surface area (Å²) in [6, 6.07) is 7.02. The number of rotatable bonds is 6. The number of hydrogen-bond acceptors (Lipinski definition) is 3. The van der Waals surface area contributed by atoms with E-state index in [-0.39, 0.29) is 0 Å². The maximum absolute atomic E-state index is 6.02. The molecule has 1 aromatic carbocycles. The normalized spacial score (nSPS) is 14.5. The lowest BCUT2D eigenvalue weighted by atomic mass is 10.1. The van der Waals surface area contributed by atoms with E-state index < -0.39 is 0 Å². The zero-order chi connectivity index (χ0) is 13.9. The smallest absolute Gasteiger partial charge is 0.146 e. The van der Waals surface area contributed by atoms with Crippen molar-refractivity contribution in [3.63, 3.8) is 0 Å². The van der Waals surface area contributed by atoms with Gasteiger partial charge in [0, 0.05) is 37.6 Å². The fourth-order valence-corrected chi connectivity index (χ4v) is 2.27. The summed E-state index contributed by atoms with van der Waals surface area (Å²) in [6.45, 7) is 3.47. The maximum atomic E-state index is 6.02. The molecule has 0 aliphatic heterocycles. The molecule has 4 nitrogen and oxygen atoms in total. The van der Waals surface area contributed by atoms with Gasteiger partial charge in [0.2, 0.25) is 0 Å². The third-order valence-corrected chi connectivity index (χ3v) is 3.72. The van der Waals surface area contributed by atoms with Crippen LogP contribution in [0.2, 0.25) is 0 Å². The van der Waals surface area contributed by atoms with E-state index in [9.17, 15) is 0 Å². The summed E-state index contributed by atoms with van der Waals surface area (Å²) >= 11 is 0. The van der Waals surface area contributed by atoms with Gasteiger partial charge in [-0.25, -0.2) is 4.98 Å². The summed E-state index contributed by atoms with van der Waals surface area (Å²) in [6.07, 6.45) is 6.34. The highest BCUT2D eigenvalue weighted by atomic mass is 16.5. The highest BCUT2D eigenvalue weighted by molar-refractivity contribution is 5.40. The molecule has 1 saturated carbocycles. The maximum Gasteiger partial charge on any atom is 0.146 e. The fraction of sp³-hybridized carbons (Fsp3) is 0.438. The number of para-hydroxylation sites is 1. The van der Waals surface area contributed by atoms with Gasteiger partial charge in [0.05, 0.1) is 0 Å². The van der Waals surface area contributed by atoms with Crippen molar-refractivity contribution in [1.82, 2.24) is 14.9 Å². The molecule has 106 valence electrons. The monoisotopic (exact) mass is 271 g/mol. The van der Waals surface area contributed by atoms with Gasteiger partial charge in [-0.3, -0.25) is 0 Å². The molecule has 1 aliphatic carbocycles. The Labute approximate surface area is 119 Å². The number of hydrogen-bond donors (Lipinski definition) is 1. The Balaban J connectivity index is 1.71. The number of aromatic nitrogens is 2. The summed E-state index contributed by atoms with van der Waals surface area (Å²) < 4.78 is 8.01. The first-order chi connectivity index (χ1) is 9.74. The second kappa shape index (κ2) is 5.67. The Bertz CT molecular complexity index is 587. The average Bonchev–Trinajstić information content (AvgIpc) is 3.18. The molecule has 3 rings (SSSR count). The van der Waals surface area contributed by atoms with Crippen molar-refractivity contribution in [1.29, 1.82) is 0 Å². The number of aryl methyl sites for hydroxylation is 2. The number of ether oxygens (including phenoxy) is 1. The van der Waals surface area contributed by atoms with Crippen LogP contribution in [0, 0.1) is 6.92 Å². The van der Waals surface area contributed by atoms with Crippen LogP contribution in [0.1, 0.15) is 29.8 Å². The standard InChI is InChI=1S/C16H21N3O/c1-12-4-3-5-13(10-18-14-6-7-14)16(12)20-11-15-17-8-9-19(15)2/h3-5,8-9,14,18H,6-7,10-11H2,1-2H3.